The first-order valence-corrected chi connectivity index (χ1v) is 5.81. The molecule has 0 heterocycles. The van der Waals surface area contributed by atoms with Gasteiger partial charge in [-0.25, -0.2) is 9.18 Å². The first-order valence-electron chi connectivity index (χ1n) is 5.81. The van der Waals surface area contributed by atoms with Gasteiger partial charge in [0, 0.05) is 11.3 Å². The number of nitrogen functional groups attached to an aromatic ring is 1. The standard InChI is InChI=1S/C15H14FNO2/c1-8-9(2)12(16)7-6-10(8)14-11(15(18)19)4-3-5-13(14)17/h3-7H,17H2,1-2H3,(H,18,19). The van der Waals surface area contributed by atoms with Crippen LogP contribution < -0.4 is 5.73 Å². The van der Waals surface area contributed by atoms with Gasteiger partial charge >= 0.3 is 5.97 Å². The zero-order valence-electron chi connectivity index (χ0n) is 10.7. The van der Waals surface area contributed by atoms with E-state index in [2.05, 4.69) is 0 Å². The van der Waals surface area contributed by atoms with E-state index in [-0.39, 0.29) is 11.4 Å². The van der Waals surface area contributed by atoms with Gasteiger partial charge < -0.3 is 10.8 Å². The summed E-state index contributed by atoms with van der Waals surface area (Å²) in [5.74, 6) is -1.36. The van der Waals surface area contributed by atoms with E-state index in [0.717, 1.165) is 0 Å². The lowest BCUT2D eigenvalue weighted by Gasteiger charge is -2.14. The van der Waals surface area contributed by atoms with Crippen molar-refractivity contribution in [1.82, 2.24) is 0 Å². The molecule has 0 bridgehead atoms. The van der Waals surface area contributed by atoms with Crippen molar-refractivity contribution in [3.8, 4) is 11.1 Å². The van der Waals surface area contributed by atoms with Gasteiger partial charge in [-0.1, -0.05) is 12.1 Å². The highest BCUT2D eigenvalue weighted by Crippen LogP contribution is 2.34. The SMILES string of the molecule is Cc1c(F)ccc(-c2c(N)cccc2C(=O)O)c1C. The smallest absolute Gasteiger partial charge is 0.336 e. The fraction of sp³-hybridized carbons (Fsp3) is 0.133. The topological polar surface area (TPSA) is 63.3 Å². The molecular formula is C15H14FNO2. The third kappa shape index (κ3) is 2.17. The molecule has 2 aromatic rings. The number of aromatic carboxylic acids is 1. The van der Waals surface area contributed by atoms with E-state index in [1.165, 1.54) is 12.1 Å². The molecule has 0 atom stereocenters. The van der Waals surface area contributed by atoms with Crippen LogP contribution in [0.1, 0.15) is 21.5 Å². The molecule has 0 saturated carbocycles. The van der Waals surface area contributed by atoms with E-state index < -0.39 is 5.97 Å². The molecule has 0 radical (unpaired) electrons. The van der Waals surface area contributed by atoms with Crippen LogP contribution in [-0.4, -0.2) is 11.1 Å². The van der Waals surface area contributed by atoms with Crippen LogP contribution in [0.5, 0.6) is 0 Å². The average molecular weight is 259 g/mol. The number of carboxylic acids is 1. The highest BCUT2D eigenvalue weighted by Gasteiger charge is 2.17. The summed E-state index contributed by atoms with van der Waals surface area (Å²) in [6.45, 7) is 3.42. The largest absolute Gasteiger partial charge is 0.478 e. The Balaban J connectivity index is 2.79. The highest BCUT2D eigenvalue weighted by molar-refractivity contribution is 6.00. The monoisotopic (exact) mass is 259 g/mol. The van der Waals surface area contributed by atoms with Gasteiger partial charge in [-0.05, 0) is 48.7 Å². The van der Waals surface area contributed by atoms with Crippen molar-refractivity contribution in [2.24, 2.45) is 0 Å². The number of carbonyl (C=O) groups is 1. The van der Waals surface area contributed by atoms with Crippen LogP contribution in [0, 0.1) is 19.7 Å². The zero-order valence-corrected chi connectivity index (χ0v) is 10.7. The van der Waals surface area contributed by atoms with Gasteiger partial charge in [0.25, 0.3) is 0 Å². The zero-order chi connectivity index (χ0) is 14.2. The van der Waals surface area contributed by atoms with Gasteiger partial charge in [-0.3, -0.25) is 0 Å². The van der Waals surface area contributed by atoms with E-state index >= 15 is 0 Å². The van der Waals surface area contributed by atoms with Gasteiger partial charge in [0.05, 0.1) is 5.56 Å². The van der Waals surface area contributed by atoms with Crippen LogP contribution in [-0.2, 0) is 0 Å². The number of hydrogen-bond acceptors (Lipinski definition) is 2. The summed E-state index contributed by atoms with van der Waals surface area (Å²) in [5.41, 5.74) is 8.66. The van der Waals surface area contributed by atoms with Crippen molar-refractivity contribution >= 4 is 11.7 Å². The van der Waals surface area contributed by atoms with Crippen LogP contribution in [0.3, 0.4) is 0 Å². The lowest BCUT2D eigenvalue weighted by atomic mass is 9.92. The Kier molecular flexibility index (Phi) is 3.25. The summed E-state index contributed by atoms with van der Waals surface area (Å²) in [4.78, 5) is 11.3. The molecule has 0 spiro atoms. The van der Waals surface area contributed by atoms with Gasteiger partial charge in [-0.2, -0.15) is 0 Å². The molecule has 2 aromatic carbocycles. The van der Waals surface area contributed by atoms with Crippen LogP contribution in [0.2, 0.25) is 0 Å². The fourth-order valence-corrected chi connectivity index (χ4v) is 2.11. The van der Waals surface area contributed by atoms with E-state index in [4.69, 9.17) is 5.73 Å². The van der Waals surface area contributed by atoms with E-state index in [0.29, 0.717) is 27.9 Å². The molecule has 98 valence electrons. The Hall–Kier alpha value is -2.36. The summed E-state index contributed by atoms with van der Waals surface area (Å²) >= 11 is 0. The molecule has 19 heavy (non-hydrogen) atoms. The van der Waals surface area contributed by atoms with E-state index in [1.54, 1.807) is 32.0 Å². The van der Waals surface area contributed by atoms with Crippen molar-refractivity contribution in [3.63, 3.8) is 0 Å². The van der Waals surface area contributed by atoms with Crippen molar-refractivity contribution in [3.05, 3.63) is 52.8 Å². The fourth-order valence-electron chi connectivity index (χ4n) is 2.11. The third-order valence-electron chi connectivity index (χ3n) is 3.32. The summed E-state index contributed by atoms with van der Waals surface area (Å²) < 4.78 is 13.5. The van der Waals surface area contributed by atoms with E-state index in [9.17, 15) is 14.3 Å². The summed E-state index contributed by atoms with van der Waals surface area (Å²) in [5, 5.41) is 9.24. The lowest BCUT2D eigenvalue weighted by molar-refractivity contribution is 0.0698. The Morgan fingerprint density at radius 1 is 1.16 bits per heavy atom. The minimum absolute atomic E-state index is 0.120. The molecule has 3 nitrogen and oxygen atoms in total. The second-order valence-corrected chi connectivity index (χ2v) is 4.42. The molecule has 0 aromatic heterocycles. The Morgan fingerprint density at radius 3 is 2.47 bits per heavy atom. The second-order valence-electron chi connectivity index (χ2n) is 4.42. The lowest BCUT2D eigenvalue weighted by Crippen LogP contribution is -2.04. The minimum atomic E-state index is -1.05. The number of benzene rings is 2. The van der Waals surface area contributed by atoms with Crippen LogP contribution >= 0.6 is 0 Å². The van der Waals surface area contributed by atoms with Crippen LogP contribution in [0.25, 0.3) is 11.1 Å². The summed E-state index contributed by atoms with van der Waals surface area (Å²) in [6.07, 6.45) is 0. The average Bonchev–Trinajstić information content (AvgIpc) is 2.37. The molecule has 0 aliphatic rings. The summed E-state index contributed by atoms with van der Waals surface area (Å²) in [7, 11) is 0. The molecule has 0 fully saturated rings. The van der Waals surface area contributed by atoms with Gasteiger partial charge in [0.15, 0.2) is 0 Å². The van der Waals surface area contributed by atoms with E-state index in [1.807, 2.05) is 0 Å². The Morgan fingerprint density at radius 2 is 1.84 bits per heavy atom. The maximum atomic E-state index is 13.5. The Labute approximate surface area is 110 Å². The van der Waals surface area contributed by atoms with Gasteiger partial charge in [0.2, 0.25) is 0 Å². The number of rotatable bonds is 2. The maximum Gasteiger partial charge on any atom is 0.336 e. The predicted molar refractivity (Wildman–Crippen MR) is 72.7 cm³/mol. The molecule has 0 aliphatic carbocycles. The van der Waals surface area contributed by atoms with Crippen molar-refractivity contribution in [2.75, 3.05) is 5.73 Å². The molecule has 0 aliphatic heterocycles. The molecule has 0 amide bonds. The quantitative estimate of drug-likeness (QED) is 0.812. The number of anilines is 1. The van der Waals surface area contributed by atoms with Crippen molar-refractivity contribution in [2.45, 2.75) is 13.8 Å². The minimum Gasteiger partial charge on any atom is -0.478 e. The number of hydrogen-bond donors (Lipinski definition) is 2. The second kappa shape index (κ2) is 4.72. The number of carboxylic acid groups (broad SMARTS) is 1. The van der Waals surface area contributed by atoms with Crippen LogP contribution in [0.15, 0.2) is 30.3 Å². The number of halogens is 1. The highest BCUT2D eigenvalue weighted by atomic mass is 19.1. The maximum absolute atomic E-state index is 13.5. The Bertz CT molecular complexity index is 665. The summed E-state index contributed by atoms with van der Waals surface area (Å²) in [6, 6.07) is 7.62. The third-order valence-corrected chi connectivity index (χ3v) is 3.32. The number of nitrogens with two attached hydrogens (primary N) is 1. The molecule has 2 rings (SSSR count). The van der Waals surface area contributed by atoms with Crippen LogP contribution in [0.4, 0.5) is 10.1 Å². The van der Waals surface area contributed by atoms with Crippen molar-refractivity contribution < 1.29 is 14.3 Å². The van der Waals surface area contributed by atoms with Gasteiger partial charge in [-0.15, -0.1) is 0 Å². The molecule has 3 N–H and O–H groups in total. The van der Waals surface area contributed by atoms with Gasteiger partial charge in [0.1, 0.15) is 5.82 Å². The molecular weight excluding hydrogens is 245 g/mol. The van der Waals surface area contributed by atoms with Crippen molar-refractivity contribution in [1.29, 1.82) is 0 Å². The molecule has 4 heteroatoms. The normalized spacial score (nSPS) is 10.5. The molecule has 0 unspecified atom stereocenters. The molecule has 0 saturated heterocycles. The first kappa shape index (κ1) is 13.1. The first-order chi connectivity index (χ1) is 8.93. The predicted octanol–water partition coefficient (Wildman–Crippen LogP) is 3.39.